The molecule has 1 aromatic carbocycles. The summed E-state index contributed by atoms with van der Waals surface area (Å²) in [5, 5.41) is 11.1. The van der Waals surface area contributed by atoms with Gasteiger partial charge in [0.25, 0.3) is 12.4 Å². The molecule has 28 heavy (non-hydrogen) atoms. The number of hydrogen-bond acceptors (Lipinski definition) is 4. The minimum atomic E-state index is -0.250. The first-order chi connectivity index (χ1) is 13.5. The standard InChI is InChI=1S/C19H19FN4O.CH2O2/c1-13-3-4-14(10-17(13)20)9-15-5-8-23(12-15)19(25)16-11-22-24-7-2-6-21-18(16)24;2-1-3/h2-4,6-7,10-11,15H,5,8-9,12H2,1H3;1H,(H,2,3). The summed E-state index contributed by atoms with van der Waals surface area (Å²) in [6.45, 7) is 2.90. The van der Waals surface area contributed by atoms with Crippen LogP contribution in [-0.2, 0) is 11.2 Å². The molecule has 3 heterocycles. The second-order valence-corrected chi connectivity index (χ2v) is 6.75. The number of likely N-dealkylation sites (tertiary alicyclic amines) is 1. The third-order valence-corrected chi connectivity index (χ3v) is 4.84. The van der Waals surface area contributed by atoms with Crippen LogP contribution in [0, 0.1) is 18.7 Å². The molecule has 1 saturated heterocycles. The fourth-order valence-electron chi connectivity index (χ4n) is 3.43. The predicted octanol–water partition coefficient (Wildman–Crippen LogP) is 2.58. The maximum Gasteiger partial charge on any atom is 0.290 e. The van der Waals surface area contributed by atoms with Gasteiger partial charge in [0.1, 0.15) is 11.4 Å². The molecule has 0 aliphatic carbocycles. The lowest BCUT2D eigenvalue weighted by Crippen LogP contribution is -2.29. The fourth-order valence-corrected chi connectivity index (χ4v) is 3.43. The molecule has 1 atom stereocenters. The first kappa shape index (κ1) is 19.5. The molecule has 8 heteroatoms. The number of rotatable bonds is 3. The third kappa shape index (κ3) is 4.16. The van der Waals surface area contributed by atoms with Gasteiger partial charge in [-0.05, 0) is 48.9 Å². The molecule has 1 fully saturated rings. The summed E-state index contributed by atoms with van der Waals surface area (Å²) in [4.78, 5) is 27.3. The van der Waals surface area contributed by atoms with Crippen molar-refractivity contribution in [2.24, 2.45) is 5.92 Å². The van der Waals surface area contributed by atoms with Crippen LogP contribution >= 0.6 is 0 Å². The van der Waals surface area contributed by atoms with Crippen LogP contribution in [0.15, 0.2) is 42.9 Å². The minimum absolute atomic E-state index is 0.0358. The van der Waals surface area contributed by atoms with Crippen molar-refractivity contribution < 1.29 is 19.1 Å². The lowest BCUT2D eigenvalue weighted by molar-refractivity contribution is -0.122. The Balaban J connectivity index is 0.000000706. The SMILES string of the molecule is Cc1ccc(CC2CCN(C(=O)c3cnn4cccnc34)C2)cc1F.O=CO. The molecule has 146 valence electrons. The molecular weight excluding hydrogens is 363 g/mol. The van der Waals surface area contributed by atoms with Crippen LogP contribution in [0.25, 0.3) is 5.65 Å². The summed E-state index contributed by atoms with van der Waals surface area (Å²) in [7, 11) is 0. The van der Waals surface area contributed by atoms with E-state index in [-0.39, 0.29) is 18.2 Å². The number of aryl methyl sites for hydroxylation is 1. The molecule has 0 radical (unpaired) electrons. The molecule has 2 aromatic heterocycles. The van der Waals surface area contributed by atoms with Crippen LogP contribution in [0.2, 0.25) is 0 Å². The monoisotopic (exact) mass is 384 g/mol. The summed E-state index contributed by atoms with van der Waals surface area (Å²) in [6.07, 6.45) is 6.72. The smallest absolute Gasteiger partial charge is 0.290 e. The van der Waals surface area contributed by atoms with Crippen LogP contribution < -0.4 is 0 Å². The normalized spacial score (nSPS) is 15.9. The predicted molar refractivity (Wildman–Crippen MR) is 101 cm³/mol. The number of amides is 1. The number of carboxylic acid groups (broad SMARTS) is 1. The number of nitrogens with zero attached hydrogens (tertiary/aromatic N) is 4. The van der Waals surface area contributed by atoms with Gasteiger partial charge in [0, 0.05) is 25.5 Å². The number of carbonyl (C=O) groups excluding carboxylic acids is 1. The van der Waals surface area contributed by atoms with E-state index in [2.05, 4.69) is 10.1 Å². The fraction of sp³-hybridized carbons (Fsp3) is 0.300. The number of halogens is 1. The Morgan fingerprint density at radius 3 is 2.96 bits per heavy atom. The van der Waals surface area contributed by atoms with E-state index in [1.807, 2.05) is 17.0 Å². The summed E-state index contributed by atoms with van der Waals surface area (Å²) in [5.74, 6) is 0.146. The van der Waals surface area contributed by atoms with Crippen molar-refractivity contribution in [3.63, 3.8) is 0 Å². The van der Waals surface area contributed by atoms with Gasteiger partial charge in [-0.3, -0.25) is 9.59 Å². The Bertz CT molecular complexity index is 988. The molecule has 1 amide bonds. The molecule has 3 aromatic rings. The zero-order valence-corrected chi connectivity index (χ0v) is 15.5. The molecular formula is C20H21FN4O3. The van der Waals surface area contributed by atoms with Crippen LogP contribution in [0.3, 0.4) is 0 Å². The van der Waals surface area contributed by atoms with Crippen LogP contribution in [0.4, 0.5) is 4.39 Å². The first-order valence-corrected chi connectivity index (χ1v) is 8.94. The van der Waals surface area contributed by atoms with E-state index in [1.165, 1.54) is 0 Å². The van der Waals surface area contributed by atoms with Crippen molar-refractivity contribution in [3.05, 3.63) is 65.4 Å². The molecule has 1 unspecified atom stereocenters. The van der Waals surface area contributed by atoms with Crippen LogP contribution in [0.1, 0.15) is 27.9 Å². The highest BCUT2D eigenvalue weighted by Gasteiger charge is 2.29. The number of carbonyl (C=O) groups is 2. The van der Waals surface area contributed by atoms with Crippen molar-refractivity contribution in [1.29, 1.82) is 0 Å². The van der Waals surface area contributed by atoms with Gasteiger partial charge in [-0.25, -0.2) is 13.9 Å². The van der Waals surface area contributed by atoms with Gasteiger partial charge in [0.2, 0.25) is 0 Å². The zero-order valence-electron chi connectivity index (χ0n) is 15.5. The van der Waals surface area contributed by atoms with Gasteiger partial charge >= 0.3 is 0 Å². The van der Waals surface area contributed by atoms with E-state index in [9.17, 15) is 9.18 Å². The first-order valence-electron chi connectivity index (χ1n) is 8.94. The third-order valence-electron chi connectivity index (χ3n) is 4.84. The van der Waals surface area contributed by atoms with Crippen molar-refractivity contribution in [3.8, 4) is 0 Å². The lowest BCUT2D eigenvalue weighted by atomic mass is 9.98. The quantitative estimate of drug-likeness (QED) is 0.702. The van der Waals surface area contributed by atoms with Gasteiger partial charge in [-0.15, -0.1) is 0 Å². The highest BCUT2D eigenvalue weighted by atomic mass is 19.1. The maximum absolute atomic E-state index is 13.7. The van der Waals surface area contributed by atoms with E-state index in [4.69, 9.17) is 9.90 Å². The highest BCUT2D eigenvalue weighted by molar-refractivity contribution is 5.99. The Labute approximate surface area is 161 Å². The number of fused-ring (bicyclic) bond motifs is 1. The van der Waals surface area contributed by atoms with Crippen LogP contribution in [-0.4, -0.2) is 50.1 Å². The molecule has 0 bridgehead atoms. The van der Waals surface area contributed by atoms with Gasteiger partial charge in [-0.1, -0.05) is 12.1 Å². The number of hydrogen-bond donors (Lipinski definition) is 1. The largest absolute Gasteiger partial charge is 0.483 e. The van der Waals surface area contributed by atoms with Gasteiger partial charge in [0.05, 0.1) is 6.20 Å². The van der Waals surface area contributed by atoms with Crippen molar-refractivity contribution in [1.82, 2.24) is 19.5 Å². The maximum atomic E-state index is 13.7. The molecule has 7 nitrogen and oxygen atoms in total. The van der Waals surface area contributed by atoms with Crippen molar-refractivity contribution >= 4 is 18.0 Å². The van der Waals surface area contributed by atoms with E-state index in [0.29, 0.717) is 35.8 Å². The minimum Gasteiger partial charge on any atom is -0.483 e. The second-order valence-electron chi connectivity index (χ2n) is 6.75. The molecule has 1 N–H and O–H groups in total. The summed E-state index contributed by atoms with van der Waals surface area (Å²) >= 11 is 0. The van der Waals surface area contributed by atoms with Crippen molar-refractivity contribution in [2.75, 3.05) is 13.1 Å². The van der Waals surface area contributed by atoms with E-state index in [0.717, 1.165) is 18.4 Å². The Morgan fingerprint density at radius 2 is 2.21 bits per heavy atom. The lowest BCUT2D eigenvalue weighted by Gasteiger charge is -2.16. The van der Waals surface area contributed by atoms with Crippen molar-refractivity contribution in [2.45, 2.75) is 19.8 Å². The van der Waals surface area contributed by atoms with E-state index >= 15 is 0 Å². The number of aromatic nitrogens is 3. The van der Waals surface area contributed by atoms with Crippen LogP contribution in [0.5, 0.6) is 0 Å². The molecule has 4 rings (SSSR count). The molecule has 1 aliphatic heterocycles. The van der Waals surface area contributed by atoms with E-state index < -0.39 is 0 Å². The number of benzene rings is 1. The topological polar surface area (TPSA) is 87.8 Å². The average molecular weight is 384 g/mol. The zero-order chi connectivity index (χ0) is 20.1. The molecule has 0 saturated carbocycles. The van der Waals surface area contributed by atoms with Gasteiger partial charge in [0.15, 0.2) is 5.65 Å². The Kier molecular flexibility index (Phi) is 5.98. The highest BCUT2D eigenvalue weighted by Crippen LogP contribution is 2.24. The van der Waals surface area contributed by atoms with Gasteiger partial charge in [-0.2, -0.15) is 5.10 Å². The van der Waals surface area contributed by atoms with Gasteiger partial charge < -0.3 is 10.0 Å². The Hall–Kier alpha value is -3.29. The van der Waals surface area contributed by atoms with E-state index in [1.54, 1.807) is 42.2 Å². The summed E-state index contributed by atoms with van der Waals surface area (Å²) in [5.41, 5.74) is 2.76. The summed E-state index contributed by atoms with van der Waals surface area (Å²) in [6, 6.07) is 7.17. The molecule has 1 aliphatic rings. The summed E-state index contributed by atoms with van der Waals surface area (Å²) < 4.78 is 15.3. The average Bonchev–Trinajstić information content (AvgIpc) is 3.32. The molecule has 0 spiro atoms. The second kappa shape index (κ2) is 8.60. The Morgan fingerprint density at radius 1 is 1.43 bits per heavy atom.